The highest BCUT2D eigenvalue weighted by atomic mass is 16.7. The summed E-state index contributed by atoms with van der Waals surface area (Å²) in [6, 6.07) is 0.372. The molecule has 0 aromatic carbocycles. The Balaban J connectivity index is 1.87. The predicted molar refractivity (Wildman–Crippen MR) is 207 cm³/mol. The molecular formula is C41H72N2O13. The zero-order valence-corrected chi connectivity index (χ0v) is 36.4. The first-order valence-electron chi connectivity index (χ1n) is 20.5. The molecule has 0 radical (unpaired) electrons. The first-order valence-corrected chi connectivity index (χ1v) is 20.5. The quantitative estimate of drug-likeness (QED) is 0.303. The molecule has 56 heavy (non-hydrogen) atoms. The molecule has 4 rings (SSSR count). The number of hydrogen-bond acceptors (Lipinski definition) is 14. The number of Topliss-reactive ketones (excluding diaryl/α,β-unsaturated/α-hetero) is 1. The second kappa shape index (κ2) is 18.1. The van der Waals surface area contributed by atoms with E-state index in [1.54, 1.807) is 48.7 Å². The number of methoxy groups -OCH3 is 2. The summed E-state index contributed by atoms with van der Waals surface area (Å²) in [5.74, 6) is -4.35. The smallest absolute Gasteiger partial charge is 0.311 e. The Morgan fingerprint density at radius 3 is 2.09 bits per heavy atom. The number of ether oxygens (including phenoxy) is 8. The van der Waals surface area contributed by atoms with Crippen molar-refractivity contribution in [3.8, 4) is 0 Å². The number of carbonyl (C=O) groups excluding carboxylic acids is 2. The van der Waals surface area contributed by atoms with Crippen LogP contribution in [0.2, 0.25) is 0 Å². The highest BCUT2D eigenvalue weighted by Crippen LogP contribution is 2.43. The number of aliphatic imine (C=N–C) groups is 1. The zero-order valence-electron chi connectivity index (χ0n) is 36.4. The van der Waals surface area contributed by atoms with Gasteiger partial charge in [0.05, 0.1) is 53.7 Å². The van der Waals surface area contributed by atoms with Crippen LogP contribution in [0.25, 0.3) is 0 Å². The SMILES string of the molecule is CCC1OC(=O)[C@H](C)C(O[C@H]2C[C@@](C)(OC)[C@@H](O)[C@H](C)O2)[C@@H](C)[C@@H](O[C@@H]2O[C@H](C)C[C@H]3[C@H]2OC(=NC(C)C)N3C)[C@](C)(OC)C[C@@H](C)C(=O)[C@H](C)[C@@H](O)[C@]1(C)O. The number of rotatable bonds is 8. The van der Waals surface area contributed by atoms with Gasteiger partial charge < -0.3 is 58.1 Å². The Bertz CT molecular complexity index is 1380. The van der Waals surface area contributed by atoms with Crippen LogP contribution in [0.15, 0.2) is 4.99 Å². The van der Waals surface area contributed by atoms with E-state index in [0.29, 0.717) is 12.4 Å². The Morgan fingerprint density at radius 1 is 0.893 bits per heavy atom. The summed E-state index contributed by atoms with van der Waals surface area (Å²) >= 11 is 0. The summed E-state index contributed by atoms with van der Waals surface area (Å²) in [5, 5.41) is 34.2. The zero-order chi connectivity index (χ0) is 42.2. The number of aliphatic hydroxyl groups is 3. The number of hydrogen-bond donors (Lipinski definition) is 3. The fourth-order valence-corrected chi connectivity index (χ4v) is 9.26. The normalized spacial score (nSPS) is 48.0. The van der Waals surface area contributed by atoms with Gasteiger partial charge in [-0.15, -0.1) is 0 Å². The molecule has 0 bridgehead atoms. The Morgan fingerprint density at radius 2 is 1.52 bits per heavy atom. The molecule has 4 aliphatic heterocycles. The predicted octanol–water partition coefficient (Wildman–Crippen LogP) is 3.61. The molecule has 4 fully saturated rings. The van der Waals surface area contributed by atoms with Crippen molar-refractivity contribution in [2.45, 2.75) is 199 Å². The second-order valence-corrected chi connectivity index (χ2v) is 17.9. The molecule has 4 aliphatic rings. The largest absolute Gasteiger partial charge is 0.459 e. The lowest BCUT2D eigenvalue weighted by Crippen LogP contribution is -2.61. The van der Waals surface area contributed by atoms with E-state index in [2.05, 4.69) is 0 Å². The van der Waals surface area contributed by atoms with Crippen molar-refractivity contribution in [1.82, 2.24) is 4.90 Å². The van der Waals surface area contributed by atoms with E-state index in [9.17, 15) is 24.9 Å². The lowest BCUT2D eigenvalue weighted by molar-refractivity contribution is -0.315. The van der Waals surface area contributed by atoms with Gasteiger partial charge in [-0.05, 0) is 74.7 Å². The van der Waals surface area contributed by atoms with Crippen molar-refractivity contribution in [1.29, 1.82) is 0 Å². The van der Waals surface area contributed by atoms with Crippen LogP contribution >= 0.6 is 0 Å². The molecule has 0 aromatic rings. The third-order valence-electron chi connectivity index (χ3n) is 13.0. The fraction of sp³-hybridized carbons (Fsp3) is 0.927. The monoisotopic (exact) mass is 801 g/mol. The standard InChI is InChI=1S/C41H72N2O13/c1-16-28-41(12,48)33(45)23(6)30(44)21(4)18-40(11,50-15)35(56-37-32-27(17-22(5)51-37)43(13)38(55-32)42-20(2)3)24(7)31(25(8)36(47)53-28)54-29-19-39(10,49-14)34(46)26(9)52-29/h20-29,31-35,37,45-46,48H,16-19H2,1-15H3/t21-,22-,23+,24-,25-,26+,27+,28?,29+,31?,32-,33-,34+,35-,37+,39-,40-,41-/m1/s1. The third kappa shape index (κ3) is 9.41. The van der Waals surface area contributed by atoms with E-state index in [1.807, 2.05) is 46.6 Å². The number of ketones is 1. The van der Waals surface area contributed by atoms with Gasteiger partial charge in [-0.25, -0.2) is 4.99 Å². The van der Waals surface area contributed by atoms with Crippen molar-refractivity contribution in [2.24, 2.45) is 28.7 Å². The number of nitrogens with zero attached hydrogens (tertiary/aromatic N) is 2. The minimum Gasteiger partial charge on any atom is -0.459 e. The maximum Gasteiger partial charge on any atom is 0.311 e. The van der Waals surface area contributed by atoms with Crippen molar-refractivity contribution < 1.29 is 62.8 Å². The van der Waals surface area contributed by atoms with E-state index < -0.39 is 102 Å². The highest BCUT2D eigenvalue weighted by Gasteiger charge is 2.56. The van der Waals surface area contributed by atoms with Gasteiger partial charge in [0, 0.05) is 51.5 Å². The molecule has 0 spiro atoms. The van der Waals surface area contributed by atoms with Crippen LogP contribution in [0, 0.1) is 23.7 Å². The van der Waals surface area contributed by atoms with Crippen LogP contribution in [0.5, 0.6) is 0 Å². The molecule has 15 heteroatoms. The van der Waals surface area contributed by atoms with Gasteiger partial charge in [-0.3, -0.25) is 9.59 Å². The topological polar surface area (TPSA) is 184 Å². The van der Waals surface area contributed by atoms with Crippen LogP contribution in [0.1, 0.15) is 109 Å². The molecule has 4 saturated heterocycles. The first kappa shape index (κ1) is 46.7. The van der Waals surface area contributed by atoms with Crippen molar-refractivity contribution >= 4 is 17.8 Å². The maximum atomic E-state index is 14.3. The summed E-state index contributed by atoms with van der Waals surface area (Å²) in [7, 11) is 5.01. The van der Waals surface area contributed by atoms with Crippen molar-refractivity contribution in [2.75, 3.05) is 21.3 Å². The van der Waals surface area contributed by atoms with Gasteiger partial charge in [0.25, 0.3) is 6.02 Å². The molecular weight excluding hydrogens is 728 g/mol. The Hall–Kier alpha value is -1.95. The molecule has 18 atom stereocenters. The minimum absolute atomic E-state index is 0.0115. The van der Waals surface area contributed by atoms with Crippen LogP contribution in [-0.2, 0) is 47.5 Å². The molecule has 324 valence electrons. The number of aliphatic hydroxyl groups excluding tert-OH is 2. The lowest BCUT2D eigenvalue weighted by atomic mass is 9.74. The number of cyclic esters (lactones) is 1. The molecule has 0 saturated carbocycles. The van der Waals surface area contributed by atoms with E-state index in [1.165, 1.54) is 14.0 Å². The summed E-state index contributed by atoms with van der Waals surface area (Å²) in [6.07, 6.45) is -7.74. The molecule has 2 unspecified atom stereocenters. The van der Waals surface area contributed by atoms with Gasteiger partial charge in [0.15, 0.2) is 18.7 Å². The van der Waals surface area contributed by atoms with Crippen molar-refractivity contribution in [3.63, 3.8) is 0 Å². The number of likely N-dealkylation sites (N-methyl/N-ethyl adjacent to an activating group) is 1. The van der Waals surface area contributed by atoms with E-state index in [4.69, 9.17) is 42.9 Å². The summed E-state index contributed by atoms with van der Waals surface area (Å²) in [6.45, 7) is 21.3. The van der Waals surface area contributed by atoms with Gasteiger partial charge >= 0.3 is 5.97 Å². The summed E-state index contributed by atoms with van der Waals surface area (Å²) in [4.78, 5) is 35.2. The average Bonchev–Trinajstić information content (AvgIpc) is 3.44. The molecule has 3 N–H and O–H groups in total. The molecule has 0 amide bonds. The third-order valence-corrected chi connectivity index (χ3v) is 13.0. The van der Waals surface area contributed by atoms with Gasteiger partial charge in [-0.1, -0.05) is 27.7 Å². The second-order valence-electron chi connectivity index (χ2n) is 17.9. The molecule has 0 aliphatic carbocycles. The van der Waals surface area contributed by atoms with Gasteiger partial charge in [0.1, 0.15) is 23.6 Å². The number of carbonyl (C=O) groups is 2. The minimum atomic E-state index is -1.96. The molecule has 4 heterocycles. The fourth-order valence-electron chi connectivity index (χ4n) is 9.26. The number of fused-ring (bicyclic) bond motifs is 1. The van der Waals surface area contributed by atoms with Gasteiger partial charge in [-0.2, -0.15) is 0 Å². The average molecular weight is 801 g/mol. The van der Waals surface area contributed by atoms with Crippen LogP contribution in [0.4, 0.5) is 0 Å². The Kier molecular flexibility index (Phi) is 15.1. The van der Waals surface area contributed by atoms with Gasteiger partial charge in [0.2, 0.25) is 0 Å². The molecule has 15 nitrogen and oxygen atoms in total. The van der Waals surface area contributed by atoms with Crippen LogP contribution < -0.4 is 0 Å². The highest BCUT2D eigenvalue weighted by molar-refractivity contribution is 5.83. The van der Waals surface area contributed by atoms with E-state index >= 15 is 0 Å². The Labute approximate surface area is 334 Å². The van der Waals surface area contributed by atoms with Crippen LogP contribution in [0.3, 0.4) is 0 Å². The summed E-state index contributed by atoms with van der Waals surface area (Å²) < 4.78 is 51.3. The maximum absolute atomic E-state index is 14.3. The van der Waals surface area contributed by atoms with E-state index in [0.717, 1.165) is 0 Å². The number of amidine groups is 1. The lowest BCUT2D eigenvalue weighted by Gasteiger charge is -2.49. The molecule has 0 aromatic heterocycles. The van der Waals surface area contributed by atoms with E-state index in [-0.39, 0.29) is 43.2 Å². The first-order chi connectivity index (χ1) is 26.0. The number of esters is 1. The van der Waals surface area contributed by atoms with Crippen LogP contribution in [-0.4, -0.2) is 150 Å². The van der Waals surface area contributed by atoms with Crippen molar-refractivity contribution in [3.05, 3.63) is 0 Å². The summed E-state index contributed by atoms with van der Waals surface area (Å²) in [5.41, 5.74) is -4.21.